The second kappa shape index (κ2) is 10.00. The van der Waals surface area contributed by atoms with Crippen molar-refractivity contribution < 1.29 is 0 Å². The van der Waals surface area contributed by atoms with Gasteiger partial charge in [-0.25, -0.2) is 0 Å². The molecule has 120 valence electrons. The smallest absolute Gasteiger partial charge is 0.0291 e. The van der Waals surface area contributed by atoms with Crippen LogP contribution in [0.3, 0.4) is 0 Å². The van der Waals surface area contributed by atoms with Crippen LogP contribution < -0.4 is 5.32 Å². The molecule has 1 atom stereocenters. The van der Waals surface area contributed by atoms with Crippen LogP contribution in [0.1, 0.15) is 89.8 Å². The minimum atomic E-state index is 0.460. The van der Waals surface area contributed by atoms with E-state index in [0.29, 0.717) is 12.0 Å². The fourth-order valence-corrected chi connectivity index (χ4v) is 2.64. The standard InChI is InChI=1S/C20H35N/c1-16(2)10-8-6-7-9-15-21-18(5)20-13-11-19(12-14-20)17(3)4/h11-14,16-18,21H,6-10,15H2,1-5H3. The van der Waals surface area contributed by atoms with Crippen molar-refractivity contribution in [3.05, 3.63) is 35.4 Å². The minimum absolute atomic E-state index is 0.460. The van der Waals surface area contributed by atoms with Gasteiger partial charge in [0.2, 0.25) is 0 Å². The van der Waals surface area contributed by atoms with Gasteiger partial charge in [-0.05, 0) is 42.9 Å². The van der Waals surface area contributed by atoms with Gasteiger partial charge in [0.25, 0.3) is 0 Å². The van der Waals surface area contributed by atoms with E-state index in [1.807, 2.05) is 0 Å². The van der Waals surface area contributed by atoms with Crippen molar-refractivity contribution in [2.45, 2.75) is 78.7 Å². The highest BCUT2D eigenvalue weighted by molar-refractivity contribution is 5.26. The monoisotopic (exact) mass is 289 g/mol. The fourth-order valence-electron chi connectivity index (χ4n) is 2.64. The summed E-state index contributed by atoms with van der Waals surface area (Å²) in [7, 11) is 0. The van der Waals surface area contributed by atoms with Crippen LogP contribution in [0.2, 0.25) is 0 Å². The molecular formula is C20H35N. The lowest BCUT2D eigenvalue weighted by molar-refractivity contribution is 0.498. The van der Waals surface area contributed by atoms with E-state index < -0.39 is 0 Å². The lowest BCUT2D eigenvalue weighted by atomic mass is 9.99. The molecule has 0 saturated heterocycles. The van der Waals surface area contributed by atoms with E-state index in [0.717, 1.165) is 12.5 Å². The van der Waals surface area contributed by atoms with Crippen LogP contribution in [-0.4, -0.2) is 6.54 Å². The van der Waals surface area contributed by atoms with Crippen LogP contribution in [0.4, 0.5) is 0 Å². The molecular weight excluding hydrogens is 254 g/mol. The summed E-state index contributed by atoms with van der Waals surface area (Å²) in [4.78, 5) is 0. The highest BCUT2D eigenvalue weighted by Crippen LogP contribution is 2.18. The number of nitrogens with one attached hydrogen (secondary N) is 1. The third-order valence-electron chi connectivity index (χ3n) is 4.26. The predicted octanol–water partition coefficient (Wildman–Crippen LogP) is 6.07. The van der Waals surface area contributed by atoms with Gasteiger partial charge in [-0.2, -0.15) is 0 Å². The predicted molar refractivity (Wildman–Crippen MR) is 94.9 cm³/mol. The van der Waals surface area contributed by atoms with E-state index >= 15 is 0 Å². The maximum absolute atomic E-state index is 3.65. The molecule has 0 radical (unpaired) electrons. The van der Waals surface area contributed by atoms with E-state index in [9.17, 15) is 0 Å². The molecule has 0 saturated carbocycles. The quantitative estimate of drug-likeness (QED) is 0.516. The Morgan fingerprint density at radius 1 is 0.762 bits per heavy atom. The molecule has 0 fully saturated rings. The van der Waals surface area contributed by atoms with Gasteiger partial charge < -0.3 is 5.32 Å². The zero-order valence-corrected chi connectivity index (χ0v) is 14.8. The molecule has 1 aromatic carbocycles. The third kappa shape index (κ3) is 7.66. The van der Waals surface area contributed by atoms with Gasteiger partial charge >= 0.3 is 0 Å². The molecule has 0 aliphatic heterocycles. The van der Waals surface area contributed by atoms with Crippen LogP contribution in [0.15, 0.2) is 24.3 Å². The Kier molecular flexibility index (Phi) is 8.68. The maximum Gasteiger partial charge on any atom is 0.0291 e. The van der Waals surface area contributed by atoms with Crippen LogP contribution in [-0.2, 0) is 0 Å². The van der Waals surface area contributed by atoms with Gasteiger partial charge in [0.1, 0.15) is 0 Å². The second-order valence-corrected chi connectivity index (χ2v) is 7.09. The summed E-state index contributed by atoms with van der Waals surface area (Å²) in [5.74, 6) is 1.48. The van der Waals surface area contributed by atoms with Crippen molar-refractivity contribution in [1.29, 1.82) is 0 Å². The Bertz CT molecular complexity index is 364. The summed E-state index contributed by atoms with van der Waals surface area (Å²) in [6.07, 6.45) is 6.82. The van der Waals surface area contributed by atoms with Gasteiger partial charge in [0.05, 0.1) is 0 Å². The summed E-state index contributed by atoms with van der Waals surface area (Å²) >= 11 is 0. The Hall–Kier alpha value is -0.820. The maximum atomic E-state index is 3.65. The van der Waals surface area contributed by atoms with Crippen LogP contribution in [0.25, 0.3) is 0 Å². The first kappa shape index (κ1) is 18.2. The number of benzene rings is 1. The highest BCUT2D eigenvalue weighted by atomic mass is 14.9. The zero-order chi connectivity index (χ0) is 15.7. The van der Waals surface area contributed by atoms with E-state index in [1.165, 1.54) is 43.2 Å². The topological polar surface area (TPSA) is 12.0 Å². The highest BCUT2D eigenvalue weighted by Gasteiger charge is 2.05. The molecule has 1 unspecified atom stereocenters. The van der Waals surface area contributed by atoms with Gasteiger partial charge in [-0.15, -0.1) is 0 Å². The van der Waals surface area contributed by atoms with E-state index in [2.05, 4.69) is 64.2 Å². The lowest BCUT2D eigenvalue weighted by Gasteiger charge is -2.15. The average molecular weight is 290 g/mol. The van der Waals surface area contributed by atoms with Gasteiger partial charge in [0.15, 0.2) is 0 Å². The minimum Gasteiger partial charge on any atom is -0.310 e. The first-order valence-corrected chi connectivity index (χ1v) is 8.84. The van der Waals surface area contributed by atoms with Crippen molar-refractivity contribution in [2.24, 2.45) is 5.92 Å². The lowest BCUT2D eigenvalue weighted by Crippen LogP contribution is -2.19. The second-order valence-electron chi connectivity index (χ2n) is 7.09. The van der Waals surface area contributed by atoms with Crippen LogP contribution >= 0.6 is 0 Å². The summed E-state index contributed by atoms with van der Waals surface area (Å²) in [6, 6.07) is 9.54. The Morgan fingerprint density at radius 2 is 1.33 bits per heavy atom. The molecule has 0 aliphatic rings. The molecule has 21 heavy (non-hydrogen) atoms. The Labute approximate surface area is 132 Å². The Balaban J connectivity index is 2.17. The van der Waals surface area contributed by atoms with E-state index in [4.69, 9.17) is 0 Å². The van der Waals surface area contributed by atoms with Crippen molar-refractivity contribution in [3.63, 3.8) is 0 Å². The summed E-state index contributed by atoms with van der Waals surface area (Å²) in [6.45, 7) is 12.5. The van der Waals surface area contributed by atoms with Crippen LogP contribution in [0.5, 0.6) is 0 Å². The molecule has 1 aromatic rings. The molecule has 1 heteroatoms. The normalized spacial score (nSPS) is 13.1. The molecule has 1 N–H and O–H groups in total. The van der Waals surface area contributed by atoms with Crippen molar-refractivity contribution in [2.75, 3.05) is 6.54 Å². The van der Waals surface area contributed by atoms with Crippen molar-refractivity contribution >= 4 is 0 Å². The molecule has 0 aliphatic carbocycles. The molecule has 0 spiro atoms. The number of rotatable bonds is 10. The number of hydrogen-bond acceptors (Lipinski definition) is 1. The molecule has 0 heterocycles. The fraction of sp³-hybridized carbons (Fsp3) is 0.700. The third-order valence-corrected chi connectivity index (χ3v) is 4.26. The first-order valence-electron chi connectivity index (χ1n) is 8.84. The summed E-state index contributed by atoms with van der Waals surface area (Å²) in [5, 5.41) is 3.65. The molecule has 1 nitrogen and oxygen atoms in total. The SMILES string of the molecule is CC(C)CCCCCCNC(C)c1ccc(C(C)C)cc1. The van der Waals surface area contributed by atoms with Gasteiger partial charge in [-0.1, -0.05) is 77.6 Å². The zero-order valence-electron chi connectivity index (χ0n) is 14.8. The van der Waals surface area contributed by atoms with Crippen LogP contribution in [0, 0.1) is 5.92 Å². The average Bonchev–Trinajstić information content (AvgIpc) is 2.45. The van der Waals surface area contributed by atoms with Crippen molar-refractivity contribution in [1.82, 2.24) is 5.32 Å². The molecule has 0 bridgehead atoms. The summed E-state index contributed by atoms with van der Waals surface area (Å²) < 4.78 is 0. The number of hydrogen-bond donors (Lipinski definition) is 1. The largest absolute Gasteiger partial charge is 0.310 e. The number of unbranched alkanes of at least 4 members (excludes halogenated alkanes) is 3. The Morgan fingerprint density at radius 3 is 1.90 bits per heavy atom. The molecule has 1 rings (SSSR count). The molecule has 0 amide bonds. The van der Waals surface area contributed by atoms with E-state index in [1.54, 1.807) is 0 Å². The van der Waals surface area contributed by atoms with Gasteiger partial charge in [0, 0.05) is 6.04 Å². The van der Waals surface area contributed by atoms with Crippen molar-refractivity contribution in [3.8, 4) is 0 Å². The first-order chi connectivity index (χ1) is 10.0. The van der Waals surface area contributed by atoms with E-state index in [-0.39, 0.29) is 0 Å². The van der Waals surface area contributed by atoms with Gasteiger partial charge in [-0.3, -0.25) is 0 Å². The summed E-state index contributed by atoms with van der Waals surface area (Å²) in [5.41, 5.74) is 2.83. The molecule has 0 aromatic heterocycles.